The van der Waals surface area contributed by atoms with Gasteiger partial charge >= 0.3 is 6.09 Å². The molecule has 0 saturated carbocycles. The third-order valence-corrected chi connectivity index (χ3v) is 1.13. The van der Waals surface area contributed by atoms with Gasteiger partial charge in [0.15, 0.2) is 0 Å². The Hall–Kier alpha value is -1.25. The first-order chi connectivity index (χ1) is 5.87. The Bertz CT molecular complexity index is 213. The number of carbonyl (C=O) groups is 1. The largest absolute Gasteiger partial charge is 0.443 e. The lowest BCUT2D eigenvalue weighted by Crippen LogP contribution is -2.31. The molecule has 0 N–H and O–H groups in total. The Morgan fingerprint density at radius 1 is 1.46 bits per heavy atom. The molecular formula is C10H17NO2. The smallest absolute Gasteiger partial charge is 0.414 e. The maximum Gasteiger partial charge on any atom is 0.414 e. The molecule has 0 aliphatic heterocycles. The van der Waals surface area contributed by atoms with E-state index in [2.05, 4.69) is 6.58 Å². The monoisotopic (exact) mass is 183 g/mol. The minimum Gasteiger partial charge on any atom is -0.443 e. The Kier molecular flexibility index (Phi) is 4.25. The van der Waals surface area contributed by atoms with Crippen molar-refractivity contribution in [3.8, 4) is 0 Å². The Labute approximate surface area is 79.7 Å². The molecule has 0 saturated heterocycles. The van der Waals surface area contributed by atoms with Crippen LogP contribution in [0.1, 0.15) is 20.8 Å². The van der Waals surface area contributed by atoms with Gasteiger partial charge in [0, 0.05) is 13.2 Å². The predicted octanol–water partition coefficient (Wildman–Crippen LogP) is 2.55. The van der Waals surface area contributed by atoms with Crippen molar-refractivity contribution >= 4 is 6.09 Å². The highest BCUT2D eigenvalue weighted by Gasteiger charge is 2.17. The minimum atomic E-state index is -0.451. The van der Waals surface area contributed by atoms with Gasteiger partial charge in [0.05, 0.1) is 0 Å². The Balaban J connectivity index is 4.12. The van der Waals surface area contributed by atoms with E-state index < -0.39 is 5.60 Å². The first kappa shape index (κ1) is 11.8. The molecule has 3 heteroatoms. The molecule has 0 aliphatic carbocycles. The van der Waals surface area contributed by atoms with E-state index in [1.54, 1.807) is 25.4 Å². The van der Waals surface area contributed by atoms with Crippen molar-refractivity contribution in [1.82, 2.24) is 4.90 Å². The summed E-state index contributed by atoms with van der Waals surface area (Å²) in [6.45, 7) is 8.99. The molecular weight excluding hydrogens is 166 g/mol. The number of nitrogens with zero attached hydrogens (tertiary/aromatic N) is 1. The topological polar surface area (TPSA) is 29.5 Å². The van der Waals surface area contributed by atoms with Crippen LogP contribution in [0.15, 0.2) is 24.9 Å². The molecule has 13 heavy (non-hydrogen) atoms. The van der Waals surface area contributed by atoms with Crippen LogP contribution in [-0.4, -0.2) is 23.6 Å². The lowest BCUT2D eigenvalue weighted by molar-refractivity contribution is 0.0372. The van der Waals surface area contributed by atoms with E-state index in [0.29, 0.717) is 0 Å². The van der Waals surface area contributed by atoms with E-state index >= 15 is 0 Å². The van der Waals surface area contributed by atoms with Gasteiger partial charge in [0.2, 0.25) is 0 Å². The van der Waals surface area contributed by atoms with Gasteiger partial charge in [0.1, 0.15) is 5.60 Å². The minimum absolute atomic E-state index is 0.370. The maximum atomic E-state index is 11.3. The Morgan fingerprint density at radius 2 is 2.00 bits per heavy atom. The molecule has 0 aromatic heterocycles. The van der Waals surface area contributed by atoms with Crippen molar-refractivity contribution in [1.29, 1.82) is 0 Å². The van der Waals surface area contributed by atoms with Crippen LogP contribution in [0.5, 0.6) is 0 Å². The molecule has 74 valence electrons. The van der Waals surface area contributed by atoms with Crippen LogP contribution in [-0.2, 0) is 4.74 Å². The third-order valence-electron chi connectivity index (χ3n) is 1.13. The molecule has 3 nitrogen and oxygen atoms in total. The summed E-state index contributed by atoms with van der Waals surface area (Å²) in [5, 5.41) is 0. The summed E-state index contributed by atoms with van der Waals surface area (Å²) in [7, 11) is 1.63. The third kappa shape index (κ3) is 5.96. The summed E-state index contributed by atoms with van der Waals surface area (Å²) in [6, 6.07) is 0. The summed E-state index contributed by atoms with van der Waals surface area (Å²) in [5.74, 6) is 0. The molecule has 1 amide bonds. The number of rotatable bonds is 2. The summed E-state index contributed by atoms with van der Waals surface area (Å²) < 4.78 is 5.10. The number of amides is 1. The van der Waals surface area contributed by atoms with Crippen LogP contribution in [0.4, 0.5) is 4.79 Å². The summed E-state index contributed by atoms with van der Waals surface area (Å²) in [4.78, 5) is 12.7. The number of ether oxygens (including phenoxy) is 1. The van der Waals surface area contributed by atoms with E-state index in [1.165, 1.54) is 4.90 Å². The van der Waals surface area contributed by atoms with Gasteiger partial charge in [-0.1, -0.05) is 12.7 Å². The van der Waals surface area contributed by atoms with Gasteiger partial charge in [-0.2, -0.15) is 0 Å². The second-order valence-electron chi connectivity index (χ2n) is 3.67. The summed E-state index contributed by atoms with van der Waals surface area (Å²) >= 11 is 0. The highest BCUT2D eigenvalue weighted by molar-refractivity contribution is 5.68. The first-order valence-corrected chi connectivity index (χ1v) is 4.12. The zero-order valence-corrected chi connectivity index (χ0v) is 8.70. The quantitative estimate of drug-likeness (QED) is 0.616. The van der Waals surface area contributed by atoms with Crippen molar-refractivity contribution in [3.63, 3.8) is 0 Å². The predicted molar refractivity (Wildman–Crippen MR) is 53.3 cm³/mol. The molecule has 0 bridgehead atoms. The maximum absolute atomic E-state index is 11.3. The molecule has 0 fully saturated rings. The van der Waals surface area contributed by atoms with Crippen molar-refractivity contribution in [2.45, 2.75) is 26.4 Å². The molecule has 0 heterocycles. The number of hydrogen-bond acceptors (Lipinski definition) is 2. The van der Waals surface area contributed by atoms with Crippen LogP contribution in [0.2, 0.25) is 0 Å². The summed E-state index contributed by atoms with van der Waals surface area (Å²) in [6.07, 6.45) is 4.50. The van der Waals surface area contributed by atoms with Crippen LogP contribution in [0, 0.1) is 0 Å². The van der Waals surface area contributed by atoms with Crippen molar-refractivity contribution < 1.29 is 9.53 Å². The molecule has 0 rings (SSSR count). The van der Waals surface area contributed by atoms with Gasteiger partial charge in [0.25, 0.3) is 0 Å². The van der Waals surface area contributed by atoms with Crippen LogP contribution in [0.25, 0.3) is 0 Å². The van der Waals surface area contributed by atoms with E-state index in [0.717, 1.165) is 0 Å². The summed E-state index contributed by atoms with van der Waals surface area (Å²) in [5.41, 5.74) is -0.451. The lowest BCUT2D eigenvalue weighted by atomic mass is 10.2. The first-order valence-electron chi connectivity index (χ1n) is 4.12. The second-order valence-corrected chi connectivity index (χ2v) is 3.67. The molecule has 0 spiro atoms. The number of carbonyl (C=O) groups excluding carboxylic acids is 1. The average Bonchev–Trinajstić information content (AvgIpc) is 1.96. The van der Waals surface area contributed by atoms with Gasteiger partial charge < -0.3 is 4.74 Å². The highest BCUT2D eigenvalue weighted by Crippen LogP contribution is 2.08. The van der Waals surface area contributed by atoms with E-state index in [4.69, 9.17) is 4.74 Å². The Morgan fingerprint density at radius 3 is 2.38 bits per heavy atom. The van der Waals surface area contributed by atoms with E-state index in [9.17, 15) is 4.79 Å². The molecule has 0 unspecified atom stereocenters. The SMILES string of the molecule is C=C/C=C\N(C)C(=O)OC(C)(C)C. The van der Waals surface area contributed by atoms with Crippen molar-refractivity contribution in [3.05, 3.63) is 24.9 Å². The van der Waals surface area contributed by atoms with Crippen LogP contribution < -0.4 is 0 Å². The lowest BCUT2D eigenvalue weighted by Gasteiger charge is -2.22. The van der Waals surface area contributed by atoms with Gasteiger partial charge in [-0.15, -0.1) is 0 Å². The molecule has 0 radical (unpaired) electrons. The van der Waals surface area contributed by atoms with Crippen molar-refractivity contribution in [2.75, 3.05) is 7.05 Å². The van der Waals surface area contributed by atoms with Gasteiger partial charge in [-0.05, 0) is 26.8 Å². The standard InChI is InChI=1S/C10H17NO2/c1-6-7-8-11(5)9(12)13-10(2,3)4/h6-8H,1H2,2-5H3/b8-7-. The number of allylic oxidation sites excluding steroid dienone is 2. The second kappa shape index (κ2) is 4.70. The zero-order valence-electron chi connectivity index (χ0n) is 8.70. The normalized spacial score (nSPS) is 11.4. The fourth-order valence-electron chi connectivity index (χ4n) is 0.585. The number of hydrogen-bond donors (Lipinski definition) is 0. The molecule has 0 atom stereocenters. The fraction of sp³-hybridized carbons (Fsp3) is 0.500. The van der Waals surface area contributed by atoms with Crippen LogP contribution in [0.3, 0.4) is 0 Å². The zero-order chi connectivity index (χ0) is 10.5. The van der Waals surface area contributed by atoms with Crippen LogP contribution >= 0.6 is 0 Å². The van der Waals surface area contributed by atoms with Gasteiger partial charge in [-0.3, -0.25) is 4.90 Å². The highest BCUT2D eigenvalue weighted by atomic mass is 16.6. The molecule has 0 aromatic carbocycles. The fourth-order valence-corrected chi connectivity index (χ4v) is 0.585. The molecule has 0 aliphatic rings. The average molecular weight is 183 g/mol. The van der Waals surface area contributed by atoms with Gasteiger partial charge in [-0.25, -0.2) is 4.79 Å². The molecule has 0 aromatic rings. The van der Waals surface area contributed by atoms with Crippen molar-refractivity contribution in [2.24, 2.45) is 0 Å². The van der Waals surface area contributed by atoms with E-state index in [1.807, 2.05) is 20.8 Å². The van der Waals surface area contributed by atoms with E-state index in [-0.39, 0.29) is 6.09 Å².